The lowest BCUT2D eigenvalue weighted by molar-refractivity contribution is -0.176. The molecule has 4 aliphatic rings. The van der Waals surface area contributed by atoms with Crippen LogP contribution in [0.15, 0.2) is 0 Å². The predicted molar refractivity (Wildman–Crippen MR) is 80.9 cm³/mol. The van der Waals surface area contributed by atoms with Crippen LogP contribution in [0.25, 0.3) is 0 Å². The van der Waals surface area contributed by atoms with E-state index >= 15 is 0 Å². The highest BCUT2D eigenvalue weighted by Gasteiger charge is 2.55. The second kappa shape index (κ2) is 6.19. The highest BCUT2D eigenvalue weighted by molar-refractivity contribution is 7.98. The summed E-state index contributed by atoms with van der Waals surface area (Å²) in [5.74, 6) is 2.31. The predicted octanol–water partition coefficient (Wildman–Crippen LogP) is 2.65. The Hall–Kier alpha value is -0.710. The summed E-state index contributed by atoms with van der Waals surface area (Å²) in [5, 5.41) is 0. The van der Waals surface area contributed by atoms with Crippen molar-refractivity contribution in [2.45, 2.75) is 38.5 Å². The van der Waals surface area contributed by atoms with Gasteiger partial charge in [-0.2, -0.15) is 11.8 Å². The van der Waals surface area contributed by atoms with Crippen LogP contribution in [-0.2, 0) is 19.1 Å². The van der Waals surface area contributed by atoms with Gasteiger partial charge in [0.2, 0.25) is 0 Å². The normalized spacial score (nSPS) is 36.5. The molecule has 0 N–H and O–H groups in total. The largest absolute Gasteiger partial charge is 0.462 e. The summed E-state index contributed by atoms with van der Waals surface area (Å²) in [7, 11) is 0. The molecule has 0 aromatic carbocycles. The maximum absolute atomic E-state index is 12.5. The van der Waals surface area contributed by atoms with Crippen molar-refractivity contribution in [1.29, 1.82) is 0 Å². The van der Waals surface area contributed by atoms with Crippen LogP contribution in [0, 0.1) is 23.2 Å². The molecule has 0 saturated heterocycles. The van der Waals surface area contributed by atoms with E-state index in [0.717, 1.165) is 25.0 Å². The first-order chi connectivity index (χ1) is 10.1. The molecule has 4 aliphatic carbocycles. The maximum Gasteiger partial charge on any atom is 0.344 e. The minimum atomic E-state index is -0.429. The molecule has 0 heterocycles. The van der Waals surface area contributed by atoms with E-state index in [1.165, 1.54) is 19.3 Å². The van der Waals surface area contributed by atoms with Gasteiger partial charge in [-0.15, -0.1) is 0 Å². The van der Waals surface area contributed by atoms with E-state index in [-0.39, 0.29) is 18.0 Å². The molecule has 0 aliphatic heterocycles. The first-order valence-corrected chi connectivity index (χ1v) is 9.32. The van der Waals surface area contributed by atoms with E-state index in [0.29, 0.717) is 24.4 Å². The number of hydrogen-bond acceptors (Lipinski definition) is 5. The van der Waals surface area contributed by atoms with Crippen molar-refractivity contribution < 1.29 is 19.1 Å². The number of hydrogen-bond donors (Lipinski definition) is 0. The van der Waals surface area contributed by atoms with Crippen LogP contribution in [0.3, 0.4) is 0 Å². The van der Waals surface area contributed by atoms with E-state index in [4.69, 9.17) is 9.47 Å². The molecular weight excluding hydrogens is 288 g/mol. The van der Waals surface area contributed by atoms with Gasteiger partial charge in [-0.3, -0.25) is 4.79 Å². The highest BCUT2D eigenvalue weighted by Crippen LogP contribution is 2.60. The zero-order valence-electron chi connectivity index (χ0n) is 12.6. The van der Waals surface area contributed by atoms with Gasteiger partial charge in [0.25, 0.3) is 0 Å². The molecule has 0 aromatic rings. The van der Waals surface area contributed by atoms with Crippen LogP contribution in [0.1, 0.15) is 38.5 Å². The van der Waals surface area contributed by atoms with Crippen LogP contribution in [-0.4, -0.2) is 37.2 Å². The summed E-state index contributed by atoms with van der Waals surface area (Å²) in [4.78, 5) is 24.0. The zero-order valence-corrected chi connectivity index (χ0v) is 13.5. The molecule has 21 heavy (non-hydrogen) atoms. The van der Waals surface area contributed by atoms with Crippen LogP contribution < -0.4 is 0 Å². The number of ether oxygens (including phenoxy) is 2. The molecule has 4 saturated carbocycles. The molecule has 0 atom stereocenters. The van der Waals surface area contributed by atoms with Crippen LogP contribution in [0.4, 0.5) is 0 Å². The monoisotopic (exact) mass is 312 g/mol. The van der Waals surface area contributed by atoms with Crippen molar-refractivity contribution in [3.8, 4) is 0 Å². The lowest BCUT2D eigenvalue weighted by atomic mass is 9.49. The van der Waals surface area contributed by atoms with Gasteiger partial charge in [0.1, 0.15) is 6.61 Å². The fourth-order valence-electron chi connectivity index (χ4n) is 4.92. The smallest absolute Gasteiger partial charge is 0.344 e. The first kappa shape index (κ1) is 15.2. The van der Waals surface area contributed by atoms with Crippen molar-refractivity contribution in [2.24, 2.45) is 23.2 Å². The van der Waals surface area contributed by atoms with Gasteiger partial charge < -0.3 is 9.47 Å². The fourth-order valence-corrected chi connectivity index (χ4v) is 5.17. The molecule has 0 radical (unpaired) electrons. The average molecular weight is 312 g/mol. The van der Waals surface area contributed by atoms with Gasteiger partial charge in [-0.1, -0.05) is 0 Å². The second-order valence-corrected chi connectivity index (χ2v) is 7.97. The molecule has 0 amide bonds. The van der Waals surface area contributed by atoms with E-state index in [1.54, 1.807) is 11.8 Å². The van der Waals surface area contributed by atoms with Crippen molar-refractivity contribution in [1.82, 2.24) is 0 Å². The number of thioether (sulfide) groups is 1. The quantitative estimate of drug-likeness (QED) is 0.557. The lowest BCUT2D eigenvalue weighted by Gasteiger charge is -2.55. The number of esters is 2. The molecule has 4 fully saturated rings. The average Bonchev–Trinajstić information content (AvgIpc) is 2.43. The maximum atomic E-state index is 12.5. The molecule has 118 valence electrons. The van der Waals surface area contributed by atoms with E-state index in [2.05, 4.69) is 0 Å². The molecule has 4 rings (SSSR count). The third-order valence-electron chi connectivity index (χ3n) is 5.34. The lowest BCUT2D eigenvalue weighted by Crippen LogP contribution is -2.50. The summed E-state index contributed by atoms with van der Waals surface area (Å²) in [6.45, 7) is 0.157. The number of rotatable bonds is 6. The third-order valence-corrected chi connectivity index (χ3v) is 5.92. The summed E-state index contributed by atoms with van der Waals surface area (Å²) < 4.78 is 10.3. The summed E-state index contributed by atoms with van der Waals surface area (Å²) in [6.07, 6.45) is 8.76. The topological polar surface area (TPSA) is 52.6 Å². The van der Waals surface area contributed by atoms with Crippen molar-refractivity contribution in [3.05, 3.63) is 0 Å². The van der Waals surface area contributed by atoms with Gasteiger partial charge >= 0.3 is 11.9 Å². The van der Waals surface area contributed by atoms with Crippen molar-refractivity contribution in [3.63, 3.8) is 0 Å². The van der Waals surface area contributed by atoms with Crippen molar-refractivity contribution >= 4 is 23.7 Å². The third kappa shape index (κ3) is 3.22. The standard InChI is InChI=1S/C16H24O4S/c1-21-3-2-19-14(17)10-20-15(18)16-7-11-4-12(8-16)6-13(5-11)9-16/h11-13H,2-10H2,1H3. The summed E-state index contributed by atoms with van der Waals surface area (Å²) in [5.41, 5.74) is -0.283. The molecule has 0 spiro atoms. The van der Waals surface area contributed by atoms with E-state index < -0.39 is 5.97 Å². The van der Waals surface area contributed by atoms with Crippen molar-refractivity contribution in [2.75, 3.05) is 25.2 Å². The first-order valence-electron chi connectivity index (χ1n) is 7.93. The highest BCUT2D eigenvalue weighted by atomic mass is 32.2. The molecule has 0 aromatic heterocycles. The SMILES string of the molecule is CSCCOC(=O)COC(=O)C12CC3CC(CC(C3)C1)C2. The Balaban J connectivity index is 1.50. The second-order valence-electron chi connectivity index (χ2n) is 6.99. The van der Waals surface area contributed by atoms with Gasteiger partial charge in [0.05, 0.1) is 5.41 Å². The van der Waals surface area contributed by atoms with Crippen LogP contribution in [0.2, 0.25) is 0 Å². The number of carbonyl (C=O) groups is 2. The Labute approximate surface area is 130 Å². The van der Waals surface area contributed by atoms with E-state index in [1.807, 2.05) is 6.26 Å². The summed E-state index contributed by atoms with van der Waals surface area (Å²) in [6, 6.07) is 0. The van der Waals surface area contributed by atoms with Gasteiger partial charge in [0, 0.05) is 5.75 Å². The Bertz CT molecular complexity index is 385. The Morgan fingerprint density at radius 1 is 1.05 bits per heavy atom. The fraction of sp³-hybridized carbons (Fsp3) is 0.875. The van der Waals surface area contributed by atoms with Gasteiger partial charge in [-0.05, 0) is 62.5 Å². The van der Waals surface area contributed by atoms with Gasteiger partial charge in [-0.25, -0.2) is 4.79 Å². The Kier molecular flexibility index (Phi) is 4.48. The molecule has 5 heteroatoms. The minimum Gasteiger partial charge on any atom is -0.462 e. The van der Waals surface area contributed by atoms with Gasteiger partial charge in [0.15, 0.2) is 6.61 Å². The van der Waals surface area contributed by atoms with Crippen LogP contribution >= 0.6 is 11.8 Å². The summed E-state index contributed by atoms with van der Waals surface area (Å²) >= 11 is 1.62. The minimum absolute atomic E-state index is 0.150. The Morgan fingerprint density at radius 3 is 2.14 bits per heavy atom. The van der Waals surface area contributed by atoms with E-state index in [9.17, 15) is 9.59 Å². The molecule has 0 unspecified atom stereocenters. The van der Waals surface area contributed by atoms with Crippen LogP contribution in [0.5, 0.6) is 0 Å². The molecule has 4 bridgehead atoms. The Morgan fingerprint density at radius 2 is 1.62 bits per heavy atom. The molecule has 4 nitrogen and oxygen atoms in total. The zero-order chi connectivity index (χ0) is 14.9. The number of carbonyl (C=O) groups excluding carboxylic acids is 2. The molecular formula is C16H24O4S.